The van der Waals surface area contributed by atoms with E-state index in [1.54, 1.807) is 20.3 Å². The molecule has 0 bridgehead atoms. The van der Waals surface area contributed by atoms with E-state index in [0.29, 0.717) is 18.9 Å². The molecule has 1 aromatic rings. The maximum absolute atomic E-state index is 12.5. The van der Waals surface area contributed by atoms with Crippen molar-refractivity contribution in [2.24, 2.45) is 0 Å². The van der Waals surface area contributed by atoms with E-state index in [-0.39, 0.29) is 18.7 Å². The van der Waals surface area contributed by atoms with Crippen LogP contribution in [-0.2, 0) is 21.3 Å². The molecule has 1 aliphatic heterocycles. The Morgan fingerprint density at radius 3 is 2.80 bits per heavy atom. The van der Waals surface area contributed by atoms with Crippen molar-refractivity contribution in [3.63, 3.8) is 0 Å². The van der Waals surface area contributed by atoms with Crippen LogP contribution < -0.4 is 0 Å². The van der Waals surface area contributed by atoms with Gasteiger partial charge >= 0.3 is 0 Å². The summed E-state index contributed by atoms with van der Waals surface area (Å²) in [5.41, 5.74) is 0. The SMILES string of the molecule is CC1OCCC1S(=O)(=O)N(C)Cc1nncn1C(C)C. The predicted octanol–water partition coefficient (Wildman–Crippen LogP) is 0.798. The quantitative estimate of drug-likeness (QED) is 0.804. The fraction of sp³-hybridized carbons (Fsp3) is 0.833. The highest BCUT2D eigenvalue weighted by atomic mass is 32.2. The number of hydrogen-bond acceptors (Lipinski definition) is 5. The lowest BCUT2D eigenvalue weighted by Crippen LogP contribution is -2.39. The minimum absolute atomic E-state index is 0.199. The number of hydrogen-bond donors (Lipinski definition) is 0. The first kappa shape index (κ1) is 15.4. The van der Waals surface area contributed by atoms with E-state index < -0.39 is 15.3 Å². The maximum Gasteiger partial charge on any atom is 0.219 e. The topological polar surface area (TPSA) is 77.3 Å². The molecule has 20 heavy (non-hydrogen) atoms. The second-order valence-electron chi connectivity index (χ2n) is 5.45. The first-order chi connectivity index (χ1) is 9.34. The van der Waals surface area contributed by atoms with Crippen molar-refractivity contribution in [2.75, 3.05) is 13.7 Å². The standard InChI is InChI=1S/C12H22N4O3S/c1-9(2)16-8-13-14-12(16)7-15(4)20(17,18)11-5-6-19-10(11)3/h8-11H,5-7H2,1-4H3. The van der Waals surface area contributed by atoms with E-state index in [0.717, 1.165) is 0 Å². The molecule has 0 spiro atoms. The summed E-state index contributed by atoms with van der Waals surface area (Å²) < 4.78 is 33.7. The average molecular weight is 302 g/mol. The Kier molecular flexibility index (Phi) is 4.46. The van der Waals surface area contributed by atoms with Crippen molar-refractivity contribution >= 4 is 10.0 Å². The molecule has 1 fully saturated rings. The number of rotatable bonds is 5. The second-order valence-corrected chi connectivity index (χ2v) is 7.71. The minimum Gasteiger partial charge on any atom is -0.377 e. The van der Waals surface area contributed by atoms with Crippen molar-refractivity contribution in [1.82, 2.24) is 19.1 Å². The van der Waals surface area contributed by atoms with Gasteiger partial charge in [-0.05, 0) is 27.2 Å². The molecule has 114 valence electrons. The van der Waals surface area contributed by atoms with E-state index in [1.165, 1.54) is 4.31 Å². The van der Waals surface area contributed by atoms with Crippen LogP contribution in [0.1, 0.15) is 39.1 Å². The van der Waals surface area contributed by atoms with E-state index in [9.17, 15) is 8.42 Å². The number of nitrogens with zero attached hydrogens (tertiary/aromatic N) is 4. The molecule has 1 saturated heterocycles. The van der Waals surface area contributed by atoms with Crippen molar-refractivity contribution in [3.8, 4) is 0 Å². The Bertz CT molecular complexity index is 555. The molecule has 1 aliphatic rings. The Morgan fingerprint density at radius 2 is 2.25 bits per heavy atom. The summed E-state index contributed by atoms with van der Waals surface area (Å²) in [6, 6.07) is 0.199. The minimum atomic E-state index is -3.38. The maximum atomic E-state index is 12.5. The third-order valence-corrected chi connectivity index (χ3v) is 6.07. The molecule has 0 N–H and O–H groups in total. The highest BCUT2D eigenvalue weighted by Crippen LogP contribution is 2.24. The first-order valence-electron chi connectivity index (χ1n) is 6.79. The number of ether oxygens (including phenoxy) is 1. The molecular formula is C12H22N4O3S. The fourth-order valence-corrected chi connectivity index (χ4v) is 4.15. The summed E-state index contributed by atoms with van der Waals surface area (Å²) in [4.78, 5) is 0. The van der Waals surface area contributed by atoms with Gasteiger partial charge in [0.15, 0.2) is 0 Å². The molecule has 0 saturated carbocycles. The van der Waals surface area contributed by atoms with Crippen LogP contribution in [0, 0.1) is 0 Å². The van der Waals surface area contributed by atoms with Gasteiger partial charge in [0.25, 0.3) is 0 Å². The zero-order valence-corrected chi connectivity index (χ0v) is 13.2. The summed E-state index contributed by atoms with van der Waals surface area (Å²) in [5, 5.41) is 7.40. The van der Waals surface area contributed by atoms with Crippen LogP contribution in [0.4, 0.5) is 0 Å². The fourth-order valence-electron chi connectivity index (χ4n) is 2.43. The van der Waals surface area contributed by atoms with Gasteiger partial charge in [-0.1, -0.05) is 0 Å². The molecule has 0 aromatic carbocycles. The summed E-state index contributed by atoms with van der Waals surface area (Å²) in [6.07, 6.45) is 1.91. The van der Waals surface area contributed by atoms with Gasteiger partial charge in [-0.2, -0.15) is 4.31 Å². The number of aromatic nitrogens is 3. The summed E-state index contributed by atoms with van der Waals surface area (Å²) in [5.74, 6) is 0.651. The van der Waals surface area contributed by atoms with E-state index >= 15 is 0 Å². The van der Waals surface area contributed by atoms with Gasteiger partial charge < -0.3 is 9.30 Å². The first-order valence-corrected chi connectivity index (χ1v) is 8.29. The molecule has 2 unspecified atom stereocenters. The molecule has 0 aliphatic carbocycles. The molecule has 8 heteroatoms. The van der Waals surface area contributed by atoms with E-state index in [1.807, 2.05) is 18.4 Å². The smallest absolute Gasteiger partial charge is 0.219 e. The lowest BCUT2D eigenvalue weighted by atomic mass is 10.3. The Balaban J connectivity index is 2.15. The van der Waals surface area contributed by atoms with Crippen LogP contribution in [0.2, 0.25) is 0 Å². The monoisotopic (exact) mass is 302 g/mol. The zero-order chi connectivity index (χ0) is 14.9. The van der Waals surface area contributed by atoms with Crippen molar-refractivity contribution in [3.05, 3.63) is 12.2 Å². The molecule has 2 atom stereocenters. The lowest BCUT2D eigenvalue weighted by molar-refractivity contribution is 0.125. The van der Waals surface area contributed by atoms with Crippen LogP contribution in [0.3, 0.4) is 0 Å². The molecule has 2 heterocycles. The van der Waals surface area contributed by atoms with Crippen LogP contribution in [0.25, 0.3) is 0 Å². The highest BCUT2D eigenvalue weighted by molar-refractivity contribution is 7.89. The third-order valence-electron chi connectivity index (χ3n) is 3.69. The lowest BCUT2D eigenvalue weighted by Gasteiger charge is -2.23. The van der Waals surface area contributed by atoms with Crippen LogP contribution in [0.15, 0.2) is 6.33 Å². The summed E-state index contributed by atoms with van der Waals surface area (Å²) in [7, 11) is -1.80. The van der Waals surface area contributed by atoms with Crippen LogP contribution >= 0.6 is 0 Å². The normalized spacial score (nSPS) is 23.9. The second kappa shape index (κ2) is 5.79. The average Bonchev–Trinajstić information content (AvgIpc) is 2.97. The molecule has 0 amide bonds. The van der Waals surface area contributed by atoms with E-state index in [2.05, 4.69) is 10.2 Å². The summed E-state index contributed by atoms with van der Waals surface area (Å²) >= 11 is 0. The van der Waals surface area contributed by atoms with Crippen molar-refractivity contribution < 1.29 is 13.2 Å². The van der Waals surface area contributed by atoms with Gasteiger partial charge in [-0.15, -0.1) is 10.2 Å². The van der Waals surface area contributed by atoms with Gasteiger partial charge in [0.1, 0.15) is 17.4 Å². The Labute approximate surface area is 120 Å². The van der Waals surface area contributed by atoms with Gasteiger partial charge in [0.2, 0.25) is 10.0 Å². The molecule has 2 rings (SSSR count). The van der Waals surface area contributed by atoms with Gasteiger partial charge in [0, 0.05) is 19.7 Å². The molecule has 0 radical (unpaired) electrons. The Morgan fingerprint density at radius 1 is 1.55 bits per heavy atom. The largest absolute Gasteiger partial charge is 0.377 e. The van der Waals surface area contributed by atoms with Crippen LogP contribution in [-0.4, -0.2) is 52.5 Å². The van der Waals surface area contributed by atoms with Gasteiger partial charge in [-0.3, -0.25) is 0 Å². The summed E-state index contributed by atoms with van der Waals surface area (Å²) in [6.45, 7) is 6.55. The molecular weight excluding hydrogens is 280 g/mol. The molecule has 1 aromatic heterocycles. The van der Waals surface area contributed by atoms with Gasteiger partial charge in [-0.25, -0.2) is 8.42 Å². The van der Waals surface area contributed by atoms with Crippen molar-refractivity contribution in [1.29, 1.82) is 0 Å². The van der Waals surface area contributed by atoms with Crippen molar-refractivity contribution in [2.45, 2.75) is 51.1 Å². The zero-order valence-electron chi connectivity index (χ0n) is 12.4. The highest BCUT2D eigenvalue weighted by Gasteiger charge is 2.38. The third kappa shape index (κ3) is 2.87. The van der Waals surface area contributed by atoms with Gasteiger partial charge in [0.05, 0.1) is 12.6 Å². The number of sulfonamides is 1. The molecule has 7 nitrogen and oxygen atoms in total. The van der Waals surface area contributed by atoms with E-state index in [4.69, 9.17) is 4.74 Å². The predicted molar refractivity (Wildman–Crippen MR) is 74.6 cm³/mol. The van der Waals surface area contributed by atoms with Crippen LogP contribution in [0.5, 0.6) is 0 Å². The Hall–Kier alpha value is -0.990.